The van der Waals surface area contributed by atoms with Crippen molar-refractivity contribution in [3.05, 3.63) is 35.6 Å². The van der Waals surface area contributed by atoms with Crippen molar-refractivity contribution in [3.63, 3.8) is 0 Å². The largest absolute Gasteiger partial charge is 0.368 e. The van der Waals surface area contributed by atoms with Gasteiger partial charge in [0.15, 0.2) is 0 Å². The standard InChI is InChI=1S/C17H22FN3O3/c1-10(22)20-15(9-12-4-2-3-5-13(12)18)17(24)21-14(16(19)23)8-11-6-7-11/h2-5,11,14-15H,6-9H2,1H3,(H2,19,23)(H,20,22)(H,21,24)/t14-,15-/m0/s1. The summed E-state index contributed by atoms with van der Waals surface area (Å²) in [5, 5.41) is 5.08. The Balaban J connectivity index is 2.07. The Morgan fingerprint density at radius 3 is 2.42 bits per heavy atom. The van der Waals surface area contributed by atoms with Crippen LogP contribution < -0.4 is 16.4 Å². The van der Waals surface area contributed by atoms with E-state index in [9.17, 15) is 18.8 Å². The average molecular weight is 335 g/mol. The zero-order valence-corrected chi connectivity index (χ0v) is 13.5. The Hall–Kier alpha value is -2.44. The molecule has 130 valence electrons. The van der Waals surface area contributed by atoms with Crippen molar-refractivity contribution in [1.29, 1.82) is 0 Å². The Labute approximate surface area is 140 Å². The fraction of sp³-hybridized carbons (Fsp3) is 0.471. The molecule has 6 nitrogen and oxygen atoms in total. The minimum absolute atomic E-state index is 0.00695. The zero-order chi connectivity index (χ0) is 17.7. The highest BCUT2D eigenvalue weighted by atomic mass is 19.1. The lowest BCUT2D eigenvalue weighted by atomic mass is 10.0. The van der Waals surface area contributed by atoms with E-state index in [4.69, 9.17) is 5.73 Å². The summed E-state index contributed by atoms with van der Waals surface area (Å²) in [6, 6.07) is 4.29. The summed E-state index contributed by atoms with van der Waals surface area (Å²) < 4.78 is 13.8. The predicted molar refractivity (Wildman–Crippen MR) is 86.2 cm³/mol. The lowest BCUT2D eigenvalue weighted by Crippen LogP contribution is -2.53. The minimum atomic E-state index is -0.972. The van der Waals surface area contributed by atoms with E-state index in [-0.39, 0.29) is 6.42 Å². The van der Waals surface area contributed by atoms with E-state index < -0.39 is 35.6 Å². The van der Waals surface area contributed by atoms with Crippen LogP contribution >= 0.6 is 0 Å². The number of hydrogen-bond donors (Lipinski definition) is 3. The summed E-state index contributed by atoms with van der Waals surface area (Å²) in [6.45, 7) is 1.28. The Kier molecular flexibility index (Phi) is 5.89. The lowest BCUT2D eigenvalue weighted by molar-refractivity contribution is -0.131. The Morgan fingerprint density at radius 1 is 1.21 bits per heavy atom. The van der Waals surface area contributed by atoms with Gasteiger partial charge < -0.3 is 16.4 Å². The first-order valence-corrected chi connectivity index (χ1v) is 7.97. The minimum Gasteiger partial charge on any atom is -0.368 e. The molecule has 0 spiro atoms. The molecule has 2 atom stereocenters. The van der Waals surface area contributed by atoms with Gasteiger partial charge in [-0.25, -0.2) is 4.39 Å². The second-order valence-electron chi connectivity index (χ2n) is 6.19. The molecule has 0 unspecified atom stereocenters. The number of halogens is 1. The van der Waals surface area contributed by atoms with Crippen LogP contribution in [0.4, 0.5) is 4.39 Å². The fourth-order valence-corrected chi connectivity index (χ4v) is 2.54. The number of hydrogen-bond acceptors (Lipinski definition) is 3. The maximum absolute atomic E-state index is 13.8. The first-order chi connectivity index (χ1) is 11.4. The second-order valence-corrected chi connectivity index (χ2v) is 6.19. The number of carbonyl (C=O) groups excluding carboxylic acids is 3. The molecule has 1 aromatic carbocycles. The normalized spacial score (nSPS) is 16.1. The molecule has 3 amide bonds. The molecule has 1 aromatic rings. The molecule has 0 heterocycles. The summed E-state index contributed by atoms with van der Waals surface area (Å²) in [5.74, 6) is -1.62. The van der Waals surface area contributed by atoms with Crippen LogP contribution in [-0.4, -0.2) is 29.8 Å². The quantitative estimate of drug-likeness (QED) is 0.650. The van der Waals surface area contributed by atoms with E-state index in [0.717, 1.165) is 12.8 Å². The first kappa shape index (κ1) is 17.9. The van der Waals surface area contributed by atoms with E-state index in [2.05, 4.69) is 10.6 Å². The molecule has 0 aliphatic heterocycles. The summed E-state index contributed by atoms with van der Waals surface area (Å²) in [4.78, 5) is 35.3. The molecular formula is C17H22FN3O3. The van der Waals surface area contributed by atoms with E-state index >= 15 is 0 Å². The smallest absolute Gasteiger partial charge is 0.243 e. The highest BCUT2D eigenvalue weighted by molar-refractivity contribution is 5.91. The first-order valence-electron chi connectivity index (χ1n) is 7.97. The highest BCUT2D eigenvalue weighted by Gasteiger charge is 2.31. The highest BCUT2D eigenvalue weighted by Crippen LogP contribution is 2.33. The van der Waals surface area contributed by atoms with Gasteiger partial charge in [-0.3, -0.25) is 14.4 Å². The van der Waals surface area contributed by atoms with Gasteiger partial charge in [0.1, 0.15) is 17.9 Å². The Morgan fingerprint density at radius 2 is 1.88 bits per heavy atom. The number of amides is 3. The molecule has 0 bridgehead atoms. The maximum Gasteiger partial charge on any atom is 0.243 e. The van der Waals surface area contributed by atoms with Gasteiger partial charge in [0, 0.05) is 13.3 Å². The monoisotopic (exact) mass is 335 g/mol. The van der Waals surface area contributed by atoms with Crippen molar-refractivity contribution < 1.29 is 18.8 Å². The number of nitrogens with one attached hydrogen (secondary N) is 2. The van der Waals surface area contributed by atoms with Crippen LogP contribution in [0.15, 0.2) is 24.3 Å². The molecule has 0 radical (unpaired) electrons. The van der Waals surface area contributed by atoms with E-state index in [1.54, 1.807) is 18.2 Å². The molecular weight excluding hydrogens is 313 g/mol. The third-order valence-electron chi connectivity index (χ3n) is 4.00. The molecule has 1 aliphatic carbocycles. The van der Waals surface area contributed by atoms with E-state index in [0.29, 0.717) is 17.9 Å². The van der Waals surface area contributed by atoms with Crippen molar-refractivity contribution >= 4 is 17.7 Å². The van der Waals surface area contributed by atoms with E-state index in [1.165, 1.54) is 13.0 Å². The molecule has 1 saturated carbocycles. The topological polar surface area (TPSA) is 101 Å². The van der Waals surface area contributed by atoms with Gasteiger partial charge in [0.2, 0.25) is 17.7 Å². The molecule has 4 N–H and O–H groups in total. The van der Waals surface area contributed by atoms with Crippen molar-refractivity contribution in [1.82, 2.24) is 10.6 Å². The van der Waals surface area contributed by atoms with E-state index in [1.807, 2.05) is 0 Å². The van der Waals surface area contributed by atoms with Crippen molar-refractivity contribution in [2.75, 3.05) is 0 Å². The summed E-state index contributed by atoms with van der Waals surface area (Å²) in [5.41, 5.74) is 5.65. The molecule has 24 heavy (non-hydrogen) atoms. The third kappa shape index (κ3) is 5.33. The summed E-state index contributed by atoms with van der Waals surface area (Å²) in [6.07, 6.45) is 2.52. The van der Waals surface area contributed by atoms with Crippen LogP contribution in [0.5, 0.6) is 0 Å². The van der Waals surface area contributed by atoms with Gasteiger partial charge in [0.05, 0.1) is 0 Å². The maximum atomic E-state index is 13.8. The van der Waals surface area contributed by atoms with Crippen LogP contribution in [0, 0.1) is 11.7 Å². The van der Waals surface area contributed by atoms with Crippen molar-refractivity contribution in [2.24, 2.45) is 11.7 Å². The van der Waals surface area contributed by atoms with Crippen LogP contribution in [0.1, 0.15) is 31.7 Å². The summed E-state index contributed by atoms with van der Waals surface area (Å²) in [7, 11) is 0. The Bertz CT molecular complexity index is 631. The molecule has 7 heteroatoms. The van der Waals surface area contributed by atoms with Gasteiger partial charge in [-0.15, -0.1) is 0 Å². The number of benzene rings is 1. The average Bonchev–Trinajstić information content (AvgIpc) is 3.31. The van der Waals surface area contributed by atoms with Gasteiger partial charge in [-0.1, -0.05) is 31.0 Å². The SMILES string of the molecule is CC(=O)N[C@@H](Cc1ccccc1F)C(=O)N[C@@H](CC1CC1)C(N)=O. The van der Waals surface area contributed by atoms with Crippen LogP contribution in [0.3, 0.4) is 0 Å². The second kappa shape index (κ2) is 7.90. The summed E-state index contributed by atoms with van der Waals surface area (Å²) >= 11 is 0. The molecule has 0 saturated heterocycles. The van der Waals surface area contributed by atoms with Crippen molar-refractivity contribution in [2.45, 2.75) is 44.7 Å². The number of carbonyl (C=O) groups is 3. The number of primary amides is 1. The van der Waals surface area contributed by atoms with Crippen LogP contribution in [0.2, 0.25) is 0 Å². The molecule has 2 rings (SSSR count). The predicted octanol–water partition coefficient (Wildman–Crippen LogP) is 0.643. The number of nitrogens with two attached hydrogens (primary N) is 1. The van der Waals surface area contributed by atoms with Gasteiger partial charge in [-0.05, 0) is 24.0 Å². The van der Waals surface area contributed by atoms with Gasteiger partial charge >= 0.3 is 0 Å². The zero-order valence-electron chi connectivity index (χ0n) is 13.5. The van der Waals surface area contributed by atoms with Crippen LogP contribution in [0.25, 0.3) is 0 Å². The fourth-order valence-electron chi connectivity index (χ4n) is 2.54. The number of rotatable bonds is 8. The van der Waals surface area contributed by atoms with Gasteiger partial charge in [-0.2, -0.15) is 0 Å². The molecule has 0 aromatic heterocycles. The third-order valence-corrected chi connectivity index (χ3v) is 4.00. The van der Waals surface area contributed by atoms with Crippen molar-refractivity contribution in [3.8, 4) is 0 Å². The van der Waals surface area contributed by atoms with Gasteiger partial charge in [0.25, 0.3) is 0 Å². The van der Waals surface area contributed by atoms with Crippen LogP contribution in [-0.2, 0) is 20.8 Å². The lowest BCUT2D eigenvalue weighted by Gasteiger charge is -2.21. The molecule has 1 aliphatic rings. The molecule has 1 fully saturated rings.